The van der Waals surface area contributed by atoms with Crippen molar-refractivity contribution in [3.8, 4) is 5.75 Å². The Morgan fingerprint density at radius 3 is 1.82 bits per heavy atom. The van der Waals surface area contributed by atoms with Crippen molar-refractivity contribution < 1.29 is 46.6 Å². The van der Waals surface area contributed by atoms with Crippen molar-refractivity contribution in [2.45, 2.75) is 11.8 Å². The summed E-state index contributed by atoms with van der Waals surface area (Å²) in [6.07, 6.45) is 0. The highest BCUT2D eigenvalue weighted by molar-refractivity contribution is 6.28. The number of benzene rings is 2. The van der Waals surface area contributed by atoms with Crippen molar-refractivity contribution in [1.29, 1.82) is 0 Å². The molecule has 0 radical (unpaired) electrons. The number of esters is 1. The fraction of sp³-hybridized carbons (Fsp3) is 0.111. The van der Waals surface area contributed by atoms with Crippen LogP contribution in [0.15, 0.2) is 42.5 Å². The molecule has 0 saturated heterocycles. The number of rotatable bonds is 4. The summed E-state index contributed by atoms with van der Waals surface area (Å²) in [5.41, 5.74) is -0.249. The largest absolute Gasteiger partial charge is 0.544 e. The first-order valence-electron chi connectivity index (χ1n) is 7.50. The van der Waals surface area contributed by atoms with Gasteiger partial charge in [0, 0.05) is 22.3 Å². The highest BCUT2D eigenvalue weighted by atomic mass is 19.3. The Labute approximate surface area is 153 Å². The van der Waals surface area contributed by atoms with Gasteiger partial charge in [-0.05, 0) is 18.2 Å². The summed E-state index contributed by atoms with van der Waals surface area (Å²) in [6, 6.07) is 8.38. The lowest BCUT2D eigenvalue weighted by Gasteiger charge is -2.25. The van der Waals surface area contributed by atoms with Gasteiger partial charge >= 0.3 is 17.8 Å². The number of ketones is 2. The van der Waals surface area contributed by atoms with Gasteiger partial charge in [0.15, 0.2) is 11.6 Å². The van der Waals surface area contributed by atoms with Gasteiger partial charge in [-0.1, -0.05) is 24.3 Å². The molecule has 1 aliphatic rings. The number of hydrogen-bond donors (Lipinski definition) is 0. The first-order chi connectivity index (χ1) is 13.0. The Morgan fingerprint density at radius 1 is 0.786 bits per heavy atom. The summed E-state index contributed by atoms with van der Waals surface area (Å²) in [7, 11) is 0. The minimum atomic E-state index is -5.82. The molecule has 0 heterocycles. The molecule has 0 N–H and O–H groups in total. The molecule has 2 aromatic carbocycles. The lowest BCUT2D eigenvalue weighted by Crippen LogP contribution is -2.58. The van der Waals surface area contributed by atoms with Gasteiger partial charge in [-0.3, -0.25) is 9.59 Å². The first-order valence-corrected chi connectivity index (χ1v) is 7.50. The summed E-state index contributed by atoms with van der Waals surface area (Å²) in [5, 5.41) is 10.2. The van der Waals surface area contributed by atoms with Crippen LogP contribution in [0.3, 0.4) is 0 Å². The fourth-order valence-electron chi connectivity index (χ4n) is 2.57. The number of carbonyl (C=O) groups excluding carboxylic acids is 4. The first kappa shape index (κ1) is 19.2. The maximum absolute atomic E-state index is 13.4. The van der Waals surface area contributed by atoms with Gasteiger partial charge in [-0.25, -0.2) is 4.79 Å². The van der Waals surface area contributed by atoms with Crippen molar-refractivity contribution in [2.75, 3.05) is 0 Å². The standard InChI is InChI=1S/C18H8F4O6/c19-17(20,15(25)26)18(21,22)16(27)28-8-5-6-11-12(7-8)14(24)10-4-2-1-3-9(10)13(11)23/h1-7H,(H,25,26)/p-1. The Kier molecular flexibility index (Phi) is 4.29. The minimum Gasteiger partial charge on any atom is -0.544 e. The lowest BCUT2D eigenvalue weighted by molar-refractivity contribution is -0.346. The lowest BCUT2D eigenvalue weighted by atomic mass is 9.84. The summed E-state index contributed by atoms with van der Waals surface area (Å²) >= 11 is 0. The SMILES string of the molecule is O=C1c2ccccc2C(=O)c2cc(OC(=O)C(F)(F)C(F)(F)C(=O)[O-])ccc21. The van der Waals surface area contributed by atoms with Crippen LogP contribution in [-0.4, -0.2) is 35.4 Å². The van der Waals surface area contributed by atoms with Crippen LogP contribution in [0.5, 0.6) is 5.75 Å². The summed E-state index contributed by atoms with van der Waals surface area (Å²) < 4.78 is 57.0. The molecule has 6 nitrogen and oxygen atoms in total. The van der Waals surface area contributed by atoms with Crippen molar-refractivity contribution in [1.82, 2.24) is 0 Å². The predicted octanol–water partition coefficient (Wildman–Crippen LogP) is 1.39. The zero-order chi connectivity index (χ0) is 20.9. The second-order valence-electron chi connectivity index (χ2n) is 5.74. The molecule has 1 aliphatic carbocycles. The maximum Gasteiger partial charge on any atom is 0.410 e. The maximum atomic E-state index is 13.4. The predicted molar refractivity (Wildman–Crippen MR) is 80.3 cm³/mol. The third-order valence-corrected chi connectivity index (χ3v) is 4.01. The molecule has 0 spiro atoms. The Bertz CT molecular complexity index is 1040. The number of fused-ring (bicyclic) bond motifs is 2. The third-order valence-electron chi connectivity index (χ3n) is 4.01. The van der Waals surface area contributed by atoms with E-state index < -0.39 is 41.1 Å². The smallest absolute Gasteiger partial charge is 0.410 e. The molecule has 0 saturated carbocycles. The van der Waals surface area contributed by atoms with E-state index in [-0.39, 0.29) is 22.3 Å². The quantitative estimate of drug-likeness (QED) is 0.376. The molecule has 3 rings (SSSR count). The van der Waals surface area contributed by atoms with Crippen LogP contribution in [0.1, 0.15) is 31.8 Å². The number of hydrogen-bond acceptors (Lipinski definition) is 6. The monoisotopic (exact) mass is 395 g/mol. The second-order valence-corrected chi connectivity index (χ2v) is 5.74. The van der Waals surface area contributed by atoms with Gasteiger partial charge in [-0.15, -0.1) is 0 Å². The molecule has 0 atom stereocenters. The number of carbonyl (C=O) groups is 4. The number of ether oxygens (including phenoxy) is 1. The van der Waals surface area contributed by atoms with Crippen molar-refractivity contribution in [3.05, 3.63) is 64.7 Å². The van der Waals surface area contributed by atoms with Crippen LogP contribution >= 0.6 is 0 Å². The van der Waals surface area contributed by atoms with Crippen LogP contribution in [0.2, 0.25) is 0 Å². The summed E-state index contributed by atoms with van der Waals surface area (Å²) in [4.78, 5) is 46.5. The highest BCUT2D eigenvalue weighted by Gasteiger charge is 2.64. The molecular formula is C18H7F4O6-. The molecule has 10 heteroatoms. The van der Waals surface area contributed by atoms with Gasteiger partial charge in [0.2, 0.25) is 0 Å². The van der Waals surface area contributed by atoms with E-state index in [4.69, 9.17) is 0 Å². The topological polar surface area (TPSA) is 101 Å². The van der Waals surface area contributed by atoms with Crippen molar-refractivity contribution in [2.24, 2.45) is 0 Å². The van der Waals surface area contributed by atoms with E-state index in [1.165, 1.54) is 24.3 Å². The Morgan fingerprint density at radius 2 is 1.29 bits per heavy atom. The van der Waals surface area contributed by atoms with Crippen molar-refractivity contribution >= 4 is 23.5 Å². The van der Waals surface area contributed by atoms with E-state index in [1.54, 1.807) is 0 Å². The zero-order valence-electron chi connectivity index (χ0n) is 13.5. The van der Waals surface area contributed by atoms with E-state index in [2.05, 4.69) is 4.74 Å². The third kappa shape index (κ3) is 2.73. The molecule has 0 amide bonds. The van der Waals surface area contributed by atoms with E-state index in [0.29, 0.717) is 0 Å². The van der Waals surface area contributed by atoms with Gasteiger partial charge in [0.05, 0.1) is 0 Å². The summed E-state index contributed by atoms with van der Waals surface area (Å²) in [5.74, 6) is -19.8. The van der Waals surface area contributed by atoms with Crippen LogP contribution in [-0.2, 0) is 9.59 Å². The molecule has 0 aromatic heterocycles. The Hall–Kier alpha value is -3.56. The van der Waals surface area contributed by atoms with Gasteiger partial charge in [0.1, 0.15) is 11.7 Å². The number of carboxylic acid groups (broad SMARTS) is 1. The second kappa shape index (κ2) is 6.25. The number of aliphatic carboxylic acids is 1. The normalized spacial score (nSPS) is 13.6. The molecule has 0 fully saturated rings. The molecule has 0 aliphatic heterocycles. The molecular weight excluding hydrogens is 388 g/mol. The van der Waals surface area contributed by atoms with Crippen LogP contribution in [0.4, 0.5) is 17.6 Å². The molecule has 144 valence electrons. The average molecular weight is 395 g/mol. The van der Waals surface area contributed by atoms with Crippen LogP contribution in [0, 0.1) is 0 Å². The van der Waals surface area contributed by atoms with Gasteiger partial charge in [0.25, 0.3) is 0 Å². The van der Waals surface area contributed by atoms with Crippen molar-refractivity contribution in [3.63, 3.8) is 0 Å². The average Bonchev–Trinajstić information content (AvgIpc) is 2.65. The van der Waals surface area contributed by atoms with Gasteiger partial charge in [-0.2, -0.15) is 17.6 Å². The highest BCUT2D eigenvalue weighted by Crippen LogP contribution is 2.36. The van der Waals surface area contributed by atoms with Crippen LogP contribution < -0.4 is 9.84 Å². The molecule has 28 heavy (non-hydrogen) atoms. The van der Waals surface area contributed by atoms with Gasteiger partial charge < -0.3 is 14.6 Å². The Balaban J connectivity index is 1.95. The zero-order valence-corrected chi connectivity index (χ0v) is 13.5. The van der Waals surface area contributed by atoms with E-state index >= 15 is 0 Å². The fourth-order valence-corrected chi connectivity index (χ4v) is 2.57. The van der Waals surface area contributed by atoms with E-state index in [0.717, 1.165) is 18.2 Å². The number of carboxylic acids is 1. The minimum absolute atomic E-state index is 0.0253. The molecule has 0 unspecified atom stereocenters. The van der Waals surface area contributed by atoms with E-state index in [1.807, 2.05) is 0 Å². The number of alkyl halides is 4. The molecule has 0 bridgehead atoms. The van der Waals surface area contributed by atoms with Crippen LogP contribution in [0.25, 0.3) is 0 Å². The molecule has 2 aromatic rings. The van der Waals surface area contributed by atoms with E-state index in [9.17, 15) is 41.8 Å². The summed E-state index contributed by atoms with van der Waals surface area (Å²) in [6.45, 7) is 0. The number of halogens is 4.